The third-order valence-corrected chi connectivity index (χ3v) is 5.26. The molecule has 164 valence electrons. The summed E-state index contributed by atoms with van der Waals surface area (Å²) in [7, 11) is 0. The number of anilines is 1. The summed E-state index contributed by atoms with van der Waals surface area (Å²) in [4.78, 5) is 16.6. The van der Waals surface area contributed by atoms with Gasteiger partial charge >= 0.3 is 0 Å². The van der Waals surface area contributed by atoms with Gasteiger partial charge in [0.25, 0.3) is 0 Å². The quantitative estimate of drug-likeness (QED) is 0.285. The van der Waals surface area contributed by atoms with E-state index in [9.17, 15) is 15.2 Å². The Morgan fingerprint density at radius 3 is 2.52 bits per heavy atom. The summed E-state index contributed by atoms with van der Waals surface area (Å²) in [5.41, 5.74) is 8.13. The second-order valence-electron chi connectivity index (χ2n) is 7.27. The Labute approximate surface area is 195 Å². The summed E-state index contributed by atoms with van der Waals surface area (Å²) in [5, 5.41) is 20.6. The highest BCUT2D eigenvalue weighted by molar-refractivity contribution is 6.38. The van der Waals surface area contributed by atoms with Crippen LogP contribution in [0.15, 0.2) is 89.2 Å². The zero-order valence-electron chi connectivity index (χ0n) is 17.5. The second kappa shape index (κ2) is 9.47. The van der Waals surface area contributed by atoms with E-state index in [2.05, 4.69) is 21.9 Å². The van der Waals surface area contributed by atoms with Crippen LogP contribution >= 0.6 is 11.6 Å². The predicted molar refractivity (Wildman–Crippen MR) is 126 cm³/mol. The van der Waals surface area contributed by atoms with Gasteiger partial charge < -0.3 is 9.84 Å². The molecule has 0 fully saturated rings. The first kappa shape index (κ1) is 21.9. The van der Waals surface area contributed by atoms with Gasteiger partial charge in [-0.3, -0.25) is 15.6 Å². The molecule has 0 amide bonds. The summed E-state index contributed by atoms with van der Waals surface area (Å²) < 4.78 is 5.89. The number of fused-ring (bicyclic) bond motifs is 1. The largest absolute Gasteiger partial charge is 0.508 e. The first-order chi connectivity index (χ1) is 16.0. The lowest BCUT2D eigenvalue weighted by atomic mass is 9.83. The summed E-state index contributed by atoms with van der Waals surface area (Å²) in [6.45, 7) is 1.35. The number of phenolic OH excluding ortho intramolecular Hbond substituents is 1. The lowest BCUT2D eigenvalue weighted by Gasteiger charge is -2.26. The number of nitrogens with one attached hydrogen (secondary N) is 2. The third kappa shape index (κ3) is 4.81. The zero-order valence-corrected chi connectivity index (χ0v) is 18.3. The van der Waals surface area contributed by atoms with Crippen LogP contribution in [0.4, 0.5) is 5.69 Å². The van der Waals surface area contributed by atoms with E-state index in [1.807, 2.05) is 30.3 Å². The first-order valence-corrected chi connectivity index (χ1v) is 10.4. The number of hydrogen-bond acceptors (Lipinski definition) is 6. The molecule has 8 heteroatoms. The zero-order chi connectivity index (χ0) is 23.4. The van der Waals surface area contributed by atoms with Crippen molar-refractivity contribution in [3.05, 3.63) is 100 Å². The fraction of sp³-hybridized carbons (Fsp3) is 0.0800. The van der Waals surface area contributed by atoms with Gasteiger partial charge in [-0.15, -0.1) is 0 Å². The molecule has 7 nitrogen and oxygen atoms in total. The molecule has 3 aromatic rings. The normalized spacial score (nSPS) is 15.2. The standard InChI is InChI=1S/C25H19ClN4O3/c1-15(31)24(30-29-18-9-7-17(26)8-10-18)28-25-21(14-27)23(16-5-3-2-4-6-16)20-12-11-19(32)13-22(20)33-25/h2-13,23,29,32H,1H3,(H,28,30). The number of Topliss-reactive ketones (excluding diaryl/α,β-unsaturated/α-hetero) is 1. The number of carbonyl (C=O) groups excluding carboxylic acids is 1. The van der Waals surface area contributed by atoms with Crippen molar-refractivity contribution in [3.8, 4) is 17.6 Å². The van der Waals surface area contributed by atoms with Crippen LogP contribution in [0.5, 0.6) is 11.5 Å². The number of phenols is 1. The van der Waals surface area contributed by atoms with Crippen molar-refractivity contribution >= 4 is 28.9 Å². The summed E-state index contributed by atoms with van der Waals surface area (Å²) in [5.74, 6) is -0.559. The number of nitrogens with zero attached hydrogens (tertiary/aromatic N) is 2. The first-order valence-electron chi connectivity index (χ1n) is 10.0. The van der Waals surface area contributed by atoms with Crippen molar-refractivity contribution in [2.24, 2.45) is 4.99 Å². The maximum Gasteiger partial charge on any atom is 0.236 e. The Kier molecular flexibility index (Phi) is 6.29. The van der Waals surface area contributed by atoms with Gasteiger partial charge in [0.1, 0.15) is 23.1 Å². The minimum absolute atomic E-state index is 0.0126. The van der Waals surface area contributed by atoms with E-state index in [0.717, 1.165) is 5.56 Å². The number of ether oxygens (including phenoxy) is 1. The fourth-order valence-electron chi connectivity index (χ4n) is 3.44. The number of halogens is 1. The molecule has 0 aromatic heterocycles. The Morgan fingerprint density at radius 2 is 1.85 bits per heavy atom. The molecule has 4 rings (SSSR count). The molecule has 0 aliphatic carbocycles. The number of ketones is 1. The maximum atomic E-state index is 12.3. The van der Waals surface area contributed by atoms with Gasteiger partial charge in [-0.1, -0.05) is 48.0 Å². The molecule has 1 aliphatic heterocycles. The predicted octanol–water partition coefficient (Wildman–Crippen LogP) is 4.91. The van der Waals surface area contributed by atoms with Crippen molar-refractivity contribution in [2.75, 3.05) is 5.43 Å². The van der Waals surface area contributed by atoms with Crippen molar-refractivity contribution < 1.29 is 14.6 Å². The average Bonchev–Trinajstić information content (AvgIpc) is 2.82. The Hall–Kier alpha value is -4.28. The van der Waals surface area contributed by atoms with E-state index in [1.54, 1.807) is 36.4 Å². The lowest BCUT2D eigenvalue weighted by molar-refractivity contribution is -0.111. The molecule has 1 heterocycles. The van der Waals surface area contributed by atoms with Gasteiger partial charge in [-0.25, -0.2) is 0 Å². The molecule has 1 atom stereocenters. The molecular formula is C25H19ClN4O3. The highest BCUT2D eigenvalue weighted by Gasteiger charge is 2.32. The average molecular weight is 459 g/mol. The molecule has 3 N–H and O–H groups in total. The highest BCUT2D eigenvalue weighted by atomic mass is 35.5. The van der Waals surface area contributed by atoms with Crippen LogP contribution in [0.2, 0.25) is 5.02 Å². The molecule has 0 saturated carbocycles. The number of nitriles is 1. The van der Waals surface area contributed by atoms with Gasteiger partial charge in [0.05, 0.1) is 11.6 Å². The van der Waals surface area contributed by atoms with E-state index in [0.29, 0.717) is 22.0 Å². The van der Waals surface area contributed by atoms with Crippen molar-refractivity contribution in [1.29, 1.82) is 5.26 Å². The van der Waals surface area contributed by atoms with Crippen LogP contribution < -0.4 is 15.6 Å². The van der Waals surface area contributed by atoms with Crippen LogP contribution in [0.1, 0.15) is 24.0 Å². The van der Waals surface area contributed by atoms with E-state index < -0.39 is 5.92 Å². The molecule has 1 unspecified atom stereocenters. The van der Waals surface area contributed by atoms with Crippen LogP contribution in [0, 0.1) is 11.3 Å². The SMILES string of the molecule is CC(=O)/C(=N\C1=C(C#N)C(c2ccccc2)c2ccc(O)cc2O1)NNc1ccc(Cl)cc1. The summed E-state index contributed by atoms with van der Waals surface area (Å²) in [6, 6.07) is 23.2. The molecule has 0 bridgehead atoms. The highest BCUT2D eigenvalue weighted by Crippen LogP contribution is 2.44. The molecule has 0 radical (unpaired) electrons. The van der Waals surface area contributed by atoms with E-state index in [-0.39, 0.29) is 28.8 Å². The summed E-state index contributed by atoms with van der Waals surface area (Å²) in [6.07, 6.45) is 0. The van der Waals surface area contributed by atoms with Crippen LogP contribution in [0.3, 0.4) is 0 Å². The van der Waals surface area contributed by atoms with E-state index in [4.69, 9.17) is 16.3 Å². The number of aliphatic imine (C=N–C) groups is 1. The molecule has 3 aromatic carbocycles. The fourth-order valence-corrected chi connectivity index (χ4v) is 3.56. The number of amidine groups is 1. The molecular weight excluding hydrogens is 440 g/mol. The maximum absolute atomic E-state index is 12.3. The smallest absolute Gasteiger partial charge is 0.236 e. The van der Waals surface area contributed by atoms with Crippen molar-refractivity contribution in [1.82, 2.24) is 5.43 Å². The van der Waals surface area contributed by atoms with E-state index in [1.165, 1.54) is 13.0 Å². The summed E-state index contributed by atoms with van der Waals surface area (Å²) >= 11 is 5.91. The van der Waals surface area contributed by atoms with Crippen molar-refractivity contribution in [2.45, 2.75) is 12.8 Å². The van der Waals surface area contributed by atoms with Crippen molar-refractivity contribution in [3.63, 3.8) is 0 Å². The van der Waals surface area contributed by atoms with Crippen LogP contribution in [-0.2, 0) is 4.79 Å². The number of benzene rings is 3. The minimum atomic E-state index is -0.475. The number of hydrogen-bond donors (Lipinski definition) is 3. The number of carbonyl (C=O) groups is 1. The Balaban J connectivity index is 1.76. The Morgan fingerprint density at radius 1 is 1.12 bits per heavy atom. The van der Waals surface area contributed by atoms with Gasteiger partial charge in [0, 0.05) is 23.6 Å². The number of rotatable bonds is 5. The van der Waals surface area contributed by atoms with Crippen LogP contribution in [-0.4, -0.2) is 16.7 Å². The number of hydrazine groups is 1. The molecule has 0 saturated heterocycles. The monoisotopic (exact) mass is 458 g/mol. The molecule has 33 heavy (non-hydrogen) atoms. The second-order valence-corrected chi connectivity index (χ2v) is 7.71. The van der Waals surface area contributed by atoms with Gasteiger partial charge in [0.15, 0.2) is 11.6 Å². The minimum Gasteiger partial charge on any atom is -0.508 e. The Bertz CT molecular complexity index is 1300. The number of allylic oxidation sites excluding steroid dienone is 1. The van der Waals surface area contributed by atoms with Crippen LogP contribution in [0.25, 0.3) is 0 Å². The molecule has 0 spiro atoms. The third-order valence-electron chi connectivity index (χ3n) is 5.00. The van der Waals surface area contributed by atoms with E-state index >= 15 is 0 Å². The number of aromatic hydroxyl groups is 1. The topological polar surface area (TPSA) is 107 Å². The van der Waals surface area contributed by atoms with Gasteiger partial charge in [-0.2, -0.15) is 10.3 Å². The van der Waals surface area contributed by atoms with Gasteiger partial charge in [-0.05, 0) is 35.9 Å². The lowest BCUT2D eigenvalue weighted by Crippen LogP contribution is -2.35. The van der Waals surface area contributed by atoms with Gasteiger partial charge in [0.2, 0.25) is 5.88 Å². The molecule has 1 aliphatic rings.